The average molecular weight is 284 g/mol. The normalized spacial score (nSPS) is 10.8. The van der Waals surface area contributed by atoms with Crippen LogP contribution in [0.5, 0.6) is 0 Å². The molecule has 0 fully saturated rings. The Bertz CT molecular complexity index is 579. The molecule has 0 aliphatic carbocycles. The van der Waals surface area contributed by atoms with Crippen LogP contribution in [0.15, 0.2) is 28.6 Å². The second kappa shape index (κ2) is 6.13. The van der Waals surface area contributed by atoms with Crippen LogP contribution < -0.4 is 11.0 Å². The minimum atomic E-state index is -0.270. The van der Waals surface area contributed by atoms with Crippen molar-refractivity contribution in [2.24, 2.45) is 0 Å². The van der Waals surface area contributed by atoms with Gasteiger partial charge in [-0.05, 0) is 23.9 Å². The molecule has 6 heteroatoms. The molecule has 0 saturated heterocycles. The Morgan fingerprint density at radius 3 is 3.11 bits per heavy atom. The van der Waals surface area contributed by atoms with E-state index in [1.165, 1.54) is 21.2 Å². The van der Waals surface area contributed by atoms with Crippen LogP contribution in [0.3, 0.4) is 0 Å². The van der Waals surface area contributed by atoms with Crippen LogP contribution in [0, 0.1) is 6.92 Å². The highest BCUT2D eigenvalue weighted by Gasteiger charge is 2.00. The van der Waals surface area contributed by atoms with Crippen LogP contribution in [0.2, 0.25) is 5.02 Å². The van der Waals surface area contributed by atoms with Gasteiger partial charge in [-0.2, -0.15) is 0 Å². The van der Waals surface area contributed by atoms with Gasteiger partial charge in [0.15, 0.2) is 0 Å². The number of rotatable bonds is 5. The molecule has 18 heavy (non-hydrogen) atoms. The summed E-state index contributed by atoms with van der Waals surface area (Å²) in [5.74, 6) is 0. The van der Waals surface area contributed by atoms with E-state index in [9.17, 15) is 4.79 Å². The van der Waals surface area contributed by atoms with Crippen LogP contribution in [-0.2, 0) is 13.1 Å². The van der Waals surface area contributed by atoms with E-state index in [0.29, 0.717) is 18.1 Å². The summed E-state index contributed by atoms with van der Waals surface area (Å²) in [5, 5.41) is 5.86. The molecular formula is C12H14ClN3OS. The van der Waals surface area contributed by atoms with Crippen molar-refractivity contribution in [3.05, 3.63) is 49.8 Å². The predicted molar refractivity (Wildman–Crippen MR) is 74.3 cm³/mol. The van der Waals surface area contributed by atoms with Crippen LogP contribution in [-0.4, -0.2) is 16.1 Å². The summed E-state index contributed by atoms with van der Waals surface area (Å²) in [5.41, 5.74) is 1.03. The third-order valence-corrected chi connectivity index (χ3v) is 3.82. The van der Waals surface area contributed by atoms with Crippen molar-refractivity contribution in [1.82, 2.24) is 14.9 Å². The molecule has 0 aromatic carbocycles. The number of hydrogen-bond donors (Lipinski definition) is 1. The fourth-order valence-electron chi connectivity index (χ4n) is 1.58. The maximum Gasteiger partial charge on any atom is 0.347 e. The summed E-state index contributed by atoms with van der Waals surface area (Å²) in [6.45, 7) is 4.20. The SMILES string of the molecule is Cc1ccsc1CNCCn1cc(Cl)cnc1=O. The van der Waals surface area contributed by atoms with Gasteiger partial charge in [0.2, 0.25) is 0 Å². The van der Waals surface area contributed by atoms with Crippen LogP contribution in [0.1, 0.15) is 10.4 Å². The van der Waals surface area contributed by atoms with Crippen molar-refractivity contribution >= 4 is 22.9 Å². The molecule has 0 radical (unpaired) electrons. The standard InChI is InChI=1S/C12H14ClN3OS/c1-9-2-5-18-11(9)7-14-3-4-16-8-10(13)6-15-12(16)17/h2,5-6,8,14H,3-4,7H2,1H3. The Kier molecular flexibility index (Phi) is 4.52. The van der Waals surface area contributed by atoms with Gasteiger partial charge in [0.05, 0.1) is 11.2 Å². The van der Waals surface area contributed by atoms with Gasteiger partial charge >= 0.3 is 5.69 Å². The first kappa shape index (κ1) is 13.3. The lowest BCUT2D eigenvalue weighted by Gasteiger charge is -2.06. The van der Waals surface area contributed by atoms with E-state index < -0.39 is 0 Å². The topological polar surface area (TPSA) is 46.9 Å². The molecule has 4 nitrogen and oxygen atoms in total. The van der Waals surface area contributed by atoms with Gasteiger partial charge in [0.25, 0.3) is 0 Å². The van der Waals surface area contributed by atoms with Gasteiger partial charge in [-0.1, -0.05) is 11.6 Å². The summed E-state index contributed by atoms with van der Waals surface area (Å²) in [6, 6.07) is 2.10. The first-order valence-electron chi connectivity index (χ1n) is 5.62. The molecule has 0 saturated carbocycles. The fourth-order valence-corrected chi connectivity index (χ4v) is 2.62. The highest BCUT2D eigenvalue weighted by atomic mass is 35.5. The molecule has 0 bridgehead atoms. The van der Waals surface area contributed by atoms with E-state index >= 15 is 0 Å². The molecule has 1 N–H and O–H groups in total. The third kappa shape index (κ3) is 3.41. The molecule has 0 atom stereocenters. The molecule has 2 rings (SSSR count). The third-order valence-electron chi connectivity index (χ3n) is 2.61. The van der Waals surface area contributed by atoms with Crippen molar-refractivity contribution in [2.75, 3.05) is 6.54 Å². The number of thiophene rings is 1. The van der Waals surface area contributed by atoms with Crippen LogP contribution in [0.25, 0.3) is 0 Å². The molecule has 0 unspecified atom stereocenters. The largest absolute Gasteiger partial charge is 0.347 e. The lowest BCUT2D eigenvalue weighted by Crippen LogP contribution is -2.27. The highest BCUT2D eigenvalue weighted by Crippen LogP contribution is 2.14. The van der Waals surface area contributed by atoms with E-state index in [1.807, 2.05) is 0 Å². The number of hydrogen-bond acceptors (Lipinski definition) is 4. The van der Waals surface area contributed by atoms with Crippen molar-refractivity contribution in [2.45, 2.75) is 20.0 Å². The van der Waals surface area contributed by atoms with E-state index in [1.54, 1.807) is 17.5 Å². The summed E-state index contributed by atoms with van der Waals surface area (Å²) in [7, 11) is 0. The second-order valence-electron chi connectivity index (χ2n) is 3.95. The Morgan fingerprint density at radius 1 is 1.56 bits per heavy atom. The molecule has 0 aliphatic rings. The Labute approximate surface area is 114 Å². The summed E-state index contributed by atoms with van der Waals surface area (Å²) >= 11 is 7.53. The van der Waals surface area contributed by atoms with Crippen molar-refractivity contribution in [3.8, 4) is 0 Å². The molecular weight excluding hydrogens is 270 g/mol. The summed E-state index contributed by atoms with van der Waals surface area (Å²) in [6.07, 6.45) is 2.97. The molecule has 96 valence electrons. The molecule has 2 heterocycles. The Morgan fingerprint density at radius 2 is 2.39 bits per heavy atom. The van der Waals surface area contributed by atoms with Crippen molar-refractivity contribution in [1.29, 1.82) is 0 Å². The summed E-state index contributed by atoms with van der Waals surface area (Å²) < 4.78 is 1.51. The maximum atomic E-state index is 11.4. The van der Waals surface area contributed by atoms with Gasteiger partial charge in [-0.15, -0.1) is 11.3 Å². The van der Waals surface area contributed by atoms with Crippen LogP contribution in [0.4, 0.5) is 0 Å². The molecule has 0 amide bonds. The minimum absolute atomic E-state index is 0.270. The maximum absolute atomic E-state index is 11.4. The Hall–Kier alpha value is -1.17. The first-order valence-corrected chi connectivity index (χ1v) is 6.88. The highest BCUT2D eigenvalue weighted by molar-refractivity contribution is 7.10. The zero-order chi connectivity index (χ0) is 13.0. The van der Waals surface area contributed by atoms with E-state index in [0.717, 1.165) is 6.54 Å². The number of aryl methyl sites for hydroxylation is 1. The predicted octanol–water partition coefficient (Wildman–Crippen LogP) is 2.06. The Balaban J connectivity index is 1.84. The molecule has 0 aliphatic heterocycles. The fraction of sp³-hybridized carbons (Fsp3) is 0.333. The summed E-state index contributed by atoms with van der Waals surface area (Å²) in [4.78, 5) is 16.4. The average Bonchev–Trinajstić information content (AvgIpc) is 2.75. The van der Waals surface area contributed by atoms with Gasteiger partial charge in [-0.3, -0.25) is 4.57 Å². The number of halogens is 1. The van der Waals surface area contributed by atoms with Crippen molar-refractivity contribution in [3.63, 3.8) is 0 Å². The molecule has 2 aromatic heterocycles. The second-order valence-corrected chi connectivity index (χ2v) is 5.39. The van der Waals surface area contributed by atoms with Crippen molar-refractivity contribution < 1.29 is 0 Å². The monoisotopic (exact) mass is 283 g/mol. The van der Waals surface area contributed by atoms with E-state index in [2.05, 4.69) is 28.7 Å². The van der Waals surface area contributed by atoms with Gasteiger partial charge < -0.3 is 5.32 Å². The molecule has 0 spiro atoms. The number of aromatic nitrogens is 2. The molecule has 2 aromatic rings. The lowest BCUT2D eigenvalue weighted by molar-refractivity contribution is 0.577. The number of nitrogens with one attached hydrogen (secondary N) is 1. The van der Waals surface area contributed by atoms with Gasteiger partial charge in [0.1, 0.15) is 0 Å². The minimum Gasteiger partial charge on any atom is -0.310 e. The van der Waals surface area contributed by atoms with E-state index in [4.69, 9.17) is 11.6 Å². The van der Waals surface area contributed by atoms with Gasteiger partial charge in [0, 0.05) is 30.7 Å². The van der Waals surface area contributed by atoms with Crippen LogP contribution >= 0.6 is 22.9 Å². The van der Waals surface area contributed by atoms with Gasteiger partial charge in [-0.25, -0.2) is 9.78 Å². The van der Waals surface area contributed by atoms with E-state index in [-0.39, 0.29) is 5.69 Å². The lowest BCUT2D eigenvalue weighted by atomic mass is 10.3. The smallest absolute Gasteiger partial charge is 0.310 e. The quantitative estimate of drug-likeness (QED) is 0.855. The number of nitrogens with zero attached hydrogens (tertiary/aromatic N) is 2. The zero-order valence-electron chi connectivity index (χ0n) is 10.0. The zero-order valence-corrected chi connectivity index (χ0v) is 11.6. The first-order chi connectivity index (χ1) is 8.66.